The Morgan fingerprint density at radius 2 is 1.06 bits per heavy atom. The third kappa shape index (κ3) is 19.7. The van der Waals surface area contributed by atoms with Gasteiger partial charge in [0.25, 0.3) is 0 Å². The Morgan fingerprint density at radius 1 is 0.584 bits per heavy atom. The standard InChI is InChI=1S/C59H102N4O14/c1-38(18-25-48(66)72-16)42-21-22-43-41-20-19-39-32-40(26-27-58(39,14)44(41)33-46(64)59(42,43)15)60-47(65)24-23-45(53(71)73-17)63(30-28-61(34-49(67)74-54(2,3)4)35-50(68)75-55(5,6)7)31-29-62(36-51(69)76-56(8,9)10)37-52(70)77-57(11,12)13/h38-46,64H,18-37H2,1-17H3,(H,60,65)/t38-,39-,40-,41+,42-,43+,44+,45?,46+,58+,59-/m1/s1. The Hall–Kier alpha value is -3.87. The molecule has 18 nitrogen and oxygen atoms in total. The van der Waals surface area contributed by atoms with E-state index in [9.17, 15) is 38.7 Å². The highest BCUT2D eigenvalue weighted by Crippen LogP contribution is 2.68. The first-order chi connectivity index (χ1) is 35.5. The number of rotatable bonds is 24. The van der Waals surface area contributed by atoms with E-state index < -0.39 is 64.4 Å². The van der Waals surface area contributed by atoms with E-state index in [1.54, 1.807) is 97.8 Å². The largest absolute Gasteiger partial charge is 0.469 e. The minimum atomic E-state index is -0.986. The lowest BCUT2D eigenvalue weighted by molar-refractivity contribution is -0.170. The predicted molar refractivity (Wildman–Crippen MR) is 292 cm³/mol. The van der Waals surface area contributed by atoms with Crippen molar-refractivity contribution in [3.05, 3.63) is 0 Å². The van der Waals surface area contributed by atoms with Crippen molar-refractivity contribution in [3.8, 4) is 0 Å². The molecule has 4 rings (SSSR count). The number of nitrogens with one attached hydrogen (secondary N) is 1. The van der Waals surface area contributed by atoms with Crippen LogP contribution in [-0.2, 0) is 62.0 Å². The number of hydrogen-bond donors (Lipinski definition) is 2. The van der Waals surface area contributed by atoms with Crippen molar-refractivity contribution in [2.24, 2.45) is 46.3 Å². The second-order valence-electron chi connectivity index (χ2n) is 27.5. The quantitative estimate of drug-likeness (QED) is 0.0717. The summed E-state index contributed by atoms with van der Waals surface area (Å²) in [6.45, 7) is 27.3. The van der Waals surface area contributed by atoms with E-state index in [4.69, 9.17) is 28.4 Å². The zero-order valence-corrected chi connectivity index (χ0v) is 50.4. The van der Waals surface area contributed by atoms with Crippen LogP contribution in [0.4, 0.5) is 0 Å². The molecule has 0 saturated heterocycles. The van der Waals surface area contributed by atoms with Gasteiger partial charge in [-0.1, -0.05) is 20.8 Å². The molecule has 0 aliphatic heterocycles. The Labute approximate surface area is 461 Å². The molecule has 4 aliphatic carbocycles. The van der Waals surface area contributed by atoms with Crippen molar-refractivity contribution in [1.29, 1.82) is 0 Å². The number of esters is 6. The second-order valence-corrected chi connectivity index (χ2v) is 27.5. The molecule has 0 aromatic heterocycles. The summed E-state index contributed by atoms with van der Waals surface area (Å²) >= 11 is 0. The number of amides is 1. The third-order valence-corrected chi connectivity index (χ3v) is 17.0. The lowest BCUT2D eigenvalue weighted by Gasteiger charge is -2.62. The van der Waals surface area contributed by atoms with E-state index >= 15 is 0 Å². The van der Waals surface area contributed by atoms with Crippen molar-refractivity contribution in [2.45, 2.75) is 221 Å². The summed E-state index contributed by atoms with van der Waals surface area (Å²) in [7, 11) is 2.71. The Balaban J connectivity index is 1.53. The number of fused-ring (bicyclic) bond motifs is 5. The molecule has 1 amide bonds. The van der Waals surface area contributed by atoms with E-state index in [1.807, 2.05) is 0 Å². The summed E-state index contributed by atoms with van der Waals surface area (Å²) in [6.07, 6.45) is 8.44. The van der Waals surface area contributed by atoms with Gasteiger partial charge in [0.05, 0.1) is 46.5 Å². The number of aliphatic hydroxyl groups excluding tert-OH is 1. The fourth-order valence-electron chi connectivity index (χ4n) is 13.7. The summed E-state index contributed by atoms with van der Waals surface area (Å²) in [5, 5.41) is 15.5. The molecule has 4 fully saturated rings. The van der Waals surface area contributed by atoms with E-state index in [1.165, 1.54) is 14.2 Å². The molecule has 77 heavy (non-hydrogen) atoms. The molecule has 0 aromatic carbocycles. The molecule has 0 radical (unpaired) electrons. The molecule has 4 aliphatic rings. The summed E-state index contributed by atoms with van der Waals surface area (Å²) in [5.74, 6) is -0.871. The molecule has 0 spiro atoms. The van der Waals surface area contributed by atoms with Crippen LogP contribution in [-0.4, -0.2) is 169 Å². The van der Waals surface area contributed by atoms with Crippen LogP contribution in [0.3, 0.4) is 0 Å². The van der Waals surface area contributed by atoms with Gasteiger partial charge in [0, 0.05) is 45.1 Å². The molecule has 2 N–H and O–H groups in total. The highest BCUT2D eigenvalue weighted by atomic mass is 16.6. The van der Waals surface area contributed by atoms with Crippen LogP contribution >= 0.6 is 0 Å². The van der Waals surface area contributed by atoms with Crippen LogP contribution < -0.4 is 5.32 Å². The maximum atomic E-state index is 14.1. The van der Waals surface area contributed by atoms with Crippen molar-refractivity contribution >= 4 is 41.7 Å². The fraction of sp³-hybridized carbons (Fsp3) is 0.881. The molecule has 18 heteroatoms. The number of nitrogens with zero attached hydrogens (tertiary/aromatic N) is 3. The maximum Gasteiger partial charge on any atom is 0.323 e. The van der Waals surface area contributed by atoms with Gasteiger partial charge < -0.3 is 38.8 Å². The van der Waals surface area contributed by atoms with Crippen molar-refractivity contribution in [3.63, 3.8) is 0 Å². The molecule has 4 saturated carbocycles. The smallest absolute Gasteiger partial charge is 0.323 e. The molecule has 1 unspecified atom stereocenters. The Morgan fingerprint density at radius 3 is 1.51 bits per heavy atom. The van der Waals surface area contributed by atoms with Gasteiger partial charge in [-0.05, 0) is 194 Å². The zero-order chi connectivity index (χ0) is 58.1. The van der Waals surface area contributed by atoms with Crippen LogP contribution in [0.15, 0.2) is 0 Å². The minimum Gasteiger partial charge on any atom is -0.469 e. The van der Waals surface area contributed by atoms with Gasteiger partial charge in [-0.25, -0.2) is 0 Å². The van der Waals surface area contributed by atoms with Gasteiger partial charge in [0.2, 0.25) is 5.91 Å². The lowest BCUT2D eigenvalue weighted by Crippen LogP contribution is -2.59. The molecular weight excluding hydrogens is 989 g/mol. The number of methoxy groups -OCH3 is 2. The first kappa shape index (κ1) is 65.6. The normalized spacial score (nSPS) is 27.4. The van der Waals surface area contributed by atoms with E-state index in [-0.39, 0.29) is 93.9 Å². The van der Waals surface area contributed by atoms with Crippen LogP contribution in [0, 0.1) is 46.3 Å². The van der Waals surface area contributed by atoms with Crippen LogP contribution in [0.2, 0.25) is 0 Å². The molecule has 442 valence electrons. The molecule has 0 aromatic rings. The first-order valence-corrected chi connectivity index (χ1v) is 28.6. The molecule has 0 bridgehead atoms. The van der Waals surface area contributed by atoms with Gasteiger partial charge in [0.15, 0.2) is 0 Å². The monoisotopic (exact) mass is 1090 g/mol. The number of aliphatic hydroxyl groups is 1. The topological polar surface area (TPSA) is 217 Å². The van der Waals surface area contributed by atoms with E-state index in [0.717, 1.165) is 57.8 Å². The summed E-state index contributed by atoms with van der Waals surface area (Å²) in [6, 6.07) is -1.04. The minimum absolute atomic E-state index is 0.00979. The van der Waals surface area contributed by atoms with Gasteiger partial charge in [-0.15, -0.1) is 0 Å². The number of ether oxygens (including phenoxy) is 6. The summed E-state index contributed by atoms with van der Waals surface area (Å²) in [4.78, 5) is 98.2. The van der Waals surface area contributed by atoms with Crippen LogP contribution in [0.5, 0.6) is 0 Å². The highest BCUT2D eigenvalue weighted by molar-refractivity contribution is 5.80. The van der Waals surface area contributed by atoms with Gasteiger partial charge >= 0.3 is 35.8 Å². The number of hydrogen-bond acceptors (Lipinski definition) is 17. The average Bonchev–Trinajstić information content (AvgIpc) is 3.64. The maximum absolute atomic E-state index is 14.1. The Kier molecular flexibility index (Phi) is 23.1. The third-order valence-electron chi connectivity index (χ3n) is 17.0. The average molecular weight is 1090 g/mol. The Bertz CT molecular complexity index is 1890. The predicted octanol–water partition coefficient (Wildman–Crippen LogP) is 7.28. The SMILES string of the molecule is COC(=O)CC[C@@H](C)[C@H]1CC[C@H]2[C@@H]3CC[C@@H]4C[C@H](NC(=O)CCC(C(=O)OC)N(CCN(CC(=O)OC(C)(C)C)CC(=O)OC(C)(C)C)CCN(CC(=O)OC(C)(C)C)CC(=O)OC(C)(C)C)CC[C@]4(C)[C@H]3C[C@H](O)[C@]12C. The fourth-order valence-corrected chi connectivity index (χ4v) is 13.7. The highest BCUT2D eigenvalue weighted by Gasteiger charge is 2.64. The second kappa shape index (κ2) is 27.1. The number of carbonyl (C=O) groups excluding carboxylic acids is 7. The van der Waals surface area contributed by atoms with E-state index in [2.05, 4.69) is 26.1 Å². The molecule has 11 atom stereocenters. The first-order valence-electron chi connectivity index (χ1n) is 28.6. The number of carbonyl (C=O) groups is 7. The molecular formula is C59H102N4O14. The summed E-state index contributed by atoms with van der Waals surface area (Å²) in [5.41, 5.74) is -3.35. The van der Waals surface area contributed by atoms with Crippen molar-refractivity contribution in [1.82, 2.24) is 20.0 Å². The van der Waals surface area contributed by atoms with Crippen molar-refractivity contribution in [2.75, 3.05) is 66.6 Å². The van der Waals surface area contributed by atoms with Gasteiger partial charge in [-0.3, -0.25) is 48.3 Å². The lowest BCUT2D eigenvalue weighted by atomic mass is 9.43. The van der Waals surface area contributed by atoms with Gasteiger partial charge in [0.1, 0.15) is 28.4 Å². The van der Waals surface area contributed by atoms with Crippen molar-refractivity contribution < 1.29 is 67.1 Å². The molecule has 0 heterocycles. The summed E-state index contributed by atoms with van der Waals surface area (Å²) < 4.78 is 32.9. The van der Waals surface area contributed by atoms with Gasteiger partial charge in [-0.2, -0.15) is 0 Å². The zero-order valence-electron chi connectivity index (χ0n) is 50.4. The van der Waals surface area contributed by atoms with Crippen LogP contribution in [0.25, 0.3) is 0 Å². The van der Waals surface area contributed by atoms with Crippen LogP contribution in [0.1, 0.15) is 181 Å². The van der Waals surface area contributed by atoms with E-state index in [0.29, 0.717) is 41.9 Å².